The van der Waals surface area contributed by atoms with Crippen LogP contribution in [0.5, 0.6) is 0 Å². The van der Waals surface area contributed by atoms with Gasteiger partial charge in [0.25, 0.3) is 5.91 Å². The van der Waals surface area contributed by atoms with Gasteiger partial charge in [0.15, 0.2) is 0 Å². The van der Waals surface area contributed by atoms with E-state index in [0.717, 1.165) is 27.9 Å². The lowest BCUT2D eigenvalue weighted by Crippen LogP contribution is -2.47. The van der Waals surface area contributed by atoms with Crippen molar-refractivity contribution in [3.63, 3.8) is 0 Å². The molecule has 10 heteroatoms. The van der Waals surface area contributed by atoms with E-state index < -0.39 is 24.5 Å². The molecule has 2 aromatic carbocycles. The fourth-order valence-corrected chi connectivity index (χ4v) is 5.29. The molecule has 1 aliphatic heterocycles. The van der Waals surface area contributed by atoms with Gasteiger partial charge in [-0.3, -0.25) is 24.7 Å². The summed E-state index contributed by atoms with van der Waals surface area (Å²) in [4.78, 5) is 48.4. The van der Waals surface area contributed by atoms with E-state index in [0.29, 0.717) is 37.2 Å². The molecular weight excluding hydrogens is 514 g/mol. The van der Waals surface area contributed by atoms with Crippen LogP contribution in [0.4, 0.5) is 5.69 Å². The quantitative estimate of drug-likeness (QED) is 0.281. The average Bonchev–Trinajstić information content (AvgIpc) is 3.64. The molecule has 0 aliphatic carbocycles. The first-order chi connectivity index (χ1) is 19.0. The van der Waals surface area contributed by atoms with Gasteiger partial charge in [-0.05, 0) is 59.4 Å². The second kappa shape index (κ2) is 12.0. The van der Waals surface area contributed by atoms with Crippen LogP contribution in [0, 0.1) is 0 Å². The topological polar surface area (TPSA) is 125 Å². The summed E-state index contributed by atoms with van der Waals surface area (Å²) >= 11 is 1.50. The number of carboxylic acids is 1. The molecule has 1 atom stereocenters. The van der Waals surface area contributed by atoms with Gasteiger partial charge in [0, 0.05) is 42.1 Å². The van der Waals surface area contributed by atoms with Crippen LogP contribution in [0.25, 0.3) is 11.1 Å². The molecule has 39 heavy (non-hydrogen) atoms. The van der Waals surface area contributed by atoms with Crippen molar-refractivity contribution in [2.45, 2.75) is 25.4 Å². The summed E-state index contributed by atoms with van der Waals surface area (Å²) in [7, 11) is 0. The zero-order chi connectivity index (χ0) is 27.2. The third kappa shape index (κ3) is 6.19. The molecule has 2 aromatic heterocycles. The fourth-order valence-electron chi connectivity index (χ4n) is 4.74. The molecule has 198 valence electrons. The Bertz CT molecular complexity index is 1460. The maximum atomic E-state index is 14.1. The second-order valence-corrected chi connectivity index (χ2v) is 9.90. The summed E-state index contributed by atoms with van der Waals surface area (Å²) in [6.07, 6.45) is 4.30. The molecule has 1 aliphatic rings. The Kier molecular flexibility index (Phi) is 8.04. The fraction of sp³-hybridized carbons (Fsp3) is 0.207. The normalized spacial score (nSPS) is 13.1. The molecule has 4 aromatic rings. The van der Waals surface area contributed by atoms with Crippen molar-refractivity contribution in [2.24, 2.45) is 0 Å². The first-order valence-electron chi connectivity index (χ1n) is 12.5. The van der Waals surface area contributed by atoms with Crippen LogP contribution in [0.1, 0.15) is 27.2 Å². The van der Waals surface area contributed by atoms with Crippen LogP contribution in [0.2, 0.25) is 0 Å². The summed E-state index contributed by atoms with van der Waals surface area (Å²) in [5, 5.41) is 16.9. The number of nitrogens with zero attached hydrogens (tertiary/aromatic N) is 3. The predicted molar refractivity (Wildman–Crippen MR) is 149 cm³/mol. The highest BCUT2D eigenvalue weighted by Gasteiger charge is 2.33. The molecule has 2 amide bonds. The Morgan fingerprint density at radius 2 is 1.85 bits per heavy atom. The van der Waals surface area contributed by atoms with Crippen LogP contribution in [-0.2, 0) is 29.0 Å². The molecule has 0 bridgehead atoms. The maximum absolute atomic E-state index is 14.1. The summed E-state index contributed by atoms with van der Waals surface area (Å²) in [6, 6.07) is 16.6. The SMILES string of the molecule is O=C(O)CNC(=O)c1cc(-c2ccncc2)cc2c1CCN2C(=O)C(Cc1ccccc1)NCc1cscn1. The summed E-state index contributed by atoms with van der Waals surface area (Å²) in [6.45, 7) is 0.375. The van der Waals surface area contributed by atoms with Crippen LogP contribution in [-0.4, -0.2) is 52.0 Å². The van der Waals surface area contributed by atoms with Crippen molar-refractivity contribution in [3.8, 4) is 11.1 Å². The van der Waals surface area contributed by atoms with Crippen molar-refractivity contribution >= 4 is 34.8 Å². The van der Waals surface area contributed by atoms with Gasteiger partial charge >= 0.3 is 5.97 Å². The van der Waals surface area contributed by atoms with Gasteiger partial charge in [0.05, 0.1) is 17.2 Å². The Balaban J connectivity index is 1.49. The minimum Gasteiger partial charge on any atom is -0.480 e. The first-order valence-corrected chi connectivity index (χ1v) is 13.5. The van der Waals surface area contributed by atoms with Gasteiger partial charge in [-0.1, -0.05) is 30.3 Å². The number of pyridine rings is 1. The monoisotopic (exact) mass is 541 g/mol. The number of thiazole rings is 1. The van der Waals surface area contributed by atoms with Gasteiger partial charge < -0.3 is 15.3 Å². The van der Waals surface area contributed by atoms with Crippen LogP contribution in [0.15, 0.2) is 77.9 Å². The van der Waals surface area contributed by atoms with E-state index in [4.69, 9.17) is 5.11 Å². The van der Waals surface area contributed by atoms with Gasteiger partial charge in [-0.15, -0.1) is 11.3 Å². The third-order valence-corrected chi connectivity index (χ3v) is 7.26. The number of aliphatic carboxylic acids is 1. The van der Waals surface area contributed by atoms with E-state index in [-0.39, 0.29) is 5.91 Å². The average molecular weight is 542 g/mol. The minimum atomic E-state index is -1.13. The largest absolute Gasteiger partial charge is 0.480 e. The van der Waals surface area contributed by atoms with Crippen molar-refractivity contribution in [1.82, 2.24) is 20.6 Å². The van der Waals surface area contributed by atoms with E-state index in [1.165, 1.54) is 11.3 Å². The highest BCUT2D eigenvalue weighted by Crippen LogP contribution is 2.36. The number of hydrogen-bond donors (Lipinski definition) is 3. The lowest BCUT2D eigenvalue weighted by molar-refractivity contribution is -0.135. The smallest absolute Gasteiger partial charge is 0.322 e. The third-order valence-electron chi connectivity index (χ3n) is 6.62. The molecule has 0 radical (unpaired) electrons. The highest BCUT2D eigenvalue weighted by molar-refractivity contribution is 7.07. The number of carbonyl (C=O) groups excluding carboxylic acids is 2. The Morgan fingerprint density at radius 1 is 1.05 bits per heavy atom. The lowest BCUT2D eigenvalue weighted by Gasteiger charge is -2.26. The van der Waals surface area contributed by atoms with E-state index in [2.05, 4.69) is 20.6 Å². The lowest BCUT2D eigenvalue weighted by atomic mass is 9.97. The van der Waals surface area contributed by atoms with E-state index in [1.54, 1.807) is 28.9 Å². The van der Waals surface area contributed by atoms with Gasteiger partial charge in [-0.2, -0.15) is 0 Å². The van der Waals surface area contributed by atoms with Crippen LogP contribution in [0.3, 0.4) is 0 Å². The number of anilines is 1. The molecule has 0 saturated heterocycles. The van der Waals surface area contributed by atoms with Gasteiger partial charge in [0.1, 0.15) is 6.54 Å². The number of carboxylic acid groups (broad SMARTS) is 1. The molecule has 9 nitrogen and oxygen atoms in total. The molecule has 1 unspecified atom stereocenters. The van der Waals surface area contributed by atoms with E-state index in [1.807, 2.05) is 53.9 Å². The number of nitrogens with one attached hydrogen (secondary N) is 2. The van der Waals surface area contributed by atoms with Crippen LogP contribution >= 0.6 is 11.3 Å². The standard InChI is InChI=1S/C29H27N5O4S/c35-27(36)16-32-28(37)24-13-21(20-6-9-30-10-7-20)14-26-23(24)8-11-34(26)29(38)25(12-19-4-2-1-3-5-19)31-15-22-17-39-18-33-22/h1-7,9-10,13-14,17-18,25,31H,8,11-12,15-16H2,(H,32,37)(H,35,36). The van der Waals surface area contributed by atoms with Crippen molar-refractivity contribution in [1.29, 1.82) is 0 Å². The number of rotatable bonds is 10. The second-order valence-electron chi connectivity index (χ2n) is 9.18. The number of benzene rings is 2. The van der Waals surface area contributed by atoms with Crippen molar-refractivity contribution in [3.05, 3.63) is 100 Å². The van der Waals surface area contributed by atoms with Crippen LogP contribution < -0.4 is 15.5 Å². The van der Waals surface area contributed by atoms with Gasteiger partial charge in [-0.25, -0.2) is 4.98 Å². The molecule has 0 fully saturated rings. The summed E-state index contributed by atoms with van der Waals surface area (Å²) in [5.74, 6) is -1.71. The first kappa shape index (κ1) is 26.2. The number of fused-ring (bicyclic) bond motifs is 1. The van der Waals surface area contributed by atoms with Gasteiger partial charge in [0.2, 0.25) is 5.91 Å². The van der Waals surface area contributed by atoms with Crippen molar-refractivity contribution < 1.29 is 19.5 Å². The zero-order valence-corrected chi connectivity index (χ0v) is 21.9. The van der Waals surface area contributed by atoms with E-state index >= 15 is 0 Å². The molecular formula is C29H27N5O4S. The number of hydrogen-bond acceptors (Lipinski definition) is 7. The predicted octanol–water partition coefficient (Wildman–Crippen LogP) is 3.31. The number of amides is 2. The molecule has 3 heterocycles. The summed E-state index contributed by atoms with van der Waals surface area (Å²) in [5.41, 5.74) is 6.98. The van der Waals surface area contributed by atoms with E-state index in [9.17, 15) is 14.4 Å². The summed E-state index contributed by atoms with van der Waals surface area (Å²) < 4.78 is 0. The Labute approximate surface area is 229 Å². The number of carbonyl (C=O) groups is 3. The Hall–Kier alpha value is -4.41. The Morgan fingerprint density at radius 3 is 2.56 bits per heavy atom. The number of aromatic nitrogens is 2. The molecule has 0 saturated carbocycles. The molecule has 0 spiro atoms. The zero-order valence-electron chi connectivity index (χ0n) is 21.0. The maximum Gasteiger partial charge on any atom is 0.322 e. The molecule has 5 rings (SSSR count). The minimum absolute atomic E-state index is 0.100. The molecule has 3 N–H and O–H groups in total. The highest BCUT2D eigenvalue weighted by atomic mass is 32.1. The van der Waals surface area contributed by atoms with Crippen molar-refractivity contribution in [2.75, 3.05) is 18.0 Å².